The van der Waals surface area contributed by atoms with Crippen molar-refractivity contribution in [3.8, 4) is 10.8 Å². The van der Waals surface area contributed by atoms with Crippen LogP contribution < -0.4 is 0 Å². The lowest BCUT2D eigenvalue weighted by molar-refractivity contribution is 0.654. The maximum absolute atomic E-state index is 4.38. The number of rotatable bonds is 4. The molecule has 0 spiro atoms. The summed E-state index contributed by atoms with van der Waals surface area (Å²) in [6, 6.07) is 0. The monoisotopic (exact) mass is 259 g/mol. The molecule has 0 aromatic carbocycles. The lowest BCUT2D eigenvalue weighted by Crippen LogP contribution is -2.08. The van der Waals surface area contributed by atoms with Gasteiger partial charge in [0.25, 0.3) is 0 Å². The second-order valence-corrected chi connectivity index (χ2v) is 4.74. The van der Waals surface area contributed by atoms with Gasteiger partial charge in [-0.1, -0.05) is 0 Å². The Kier molecular flexibility index (Phi) is 2.93. The summed E-state index contributed by atoms with van der Waals surface area (Å²) >= 11 is 1.60. The lowest BCUT2D eigenvalue weighted by Gasteiger charge is -2.07. The van der Waals surface area contributed by atoms with E-state index in [4.69, 9.17) is 0 Å². The third kappa shape index (κ3) is 1.95. The maximum Gasteiger partial charge on any atom is 0.169 e. The summed E-state index contributed by atoms with van der Waals surface area (Å²) < 4.78 is 4.21. The van der Waals surface area contributed by atoms with Crippen LogP contribution in [-0.4, -0.2) is 24.1 Å². The van der Waals surface area contributed by atoms with Crippen LogP contribution in [0.1, 0.15) is 12.7 Å². The Balaban J connectivity index is 1.92. The Morgan fingerprint density at radius 2 is 1.89 bits per heavy atom. The van der Waals surface area contributed by atoms with E-state index in [-0.39, 0.29) is 0 Å². The smallest absolute Gasteiger partial charge is 0.169 e. The third-order valence-electron chi connectivity index (χ3n) is 2.79. The number of aromatic nitrogens is 5. The van der Waals surface area contributed by atoms with Crippen LogP contribution in [0, 0.1) is 0 Å². The zero-order valence-electron chi connectivity index (χ0n) is 10.0. The van der Waals surface area contributed by atoms with Crippen LogP contribution in [0.15, 0.2) is 36.4 Å². The van der Waals surface area contributed by atoms with Gasteiger partial charge in [0.05, 0.1) is 6.54 Å². The molecule has 3 aromatic heterocycles. The summed E-state index contributed by atoms with van der Waals surface area (Å²) in [6.07, 6.45) is 9.39. The molecule has 3 aromatic rings. The summed E-state index contributed by atoms with van der Waals surface area (Å²) in [4.78, 5) is 13.0. The molecule has 0 saturated carbocycles. The van der Waals surface area contributed by atoms with Gasteiger partial charge in [-0.05, 0) is 6.92 Å². The highest BCUT2D eigenvalue weighted by molar-refractivity contribution is 7.13. The van der Waals surface area contributed by atoms with Crippen molar-refractivity contribution in [3.05, 3.63) is 42.2 Å². The van der Waals surface area contributed by atoms with Crippen molar-refractivity contribution in [1.29, 1.82) is 0 Å². The molecule has 92 valence electrons. The van der Waals surface area contributed by atoms with E-state index < -0.39 is 0 Å². The molecule has 0 fully saturated rings. The molecule has 0 aliphatic heterocycles. The molecule has 0 saturated heterocycles. The van der Waals surface area contributed by atoms with Crippen LogP contribution in [-0.2, 0) is 13.1 Å². The Labute approximate surface area is 109 Å². The van der Waals surface area contributed by atoms with Crippen LogP contribution in [0.2, 0.25) is 0 Å². The van der Waals surface area contributed by atoms with Crippen molar-refractivity contribution >= 4 is 11.3 Å². The molecular formula is C12H13N5S. The first-order chi connectivity index (χ1) is 8.88. The normalized spacial score (nSPS) is 10.9. The van der Waals surface area contributed by atoms with Gasteiger partial charge < -0.3 is 9.13 Å². The molecule has 0 aliphatic rings. The highest BCUT2D eigenvalue weighted by atomic mass is 32.1. The van der Waals surface area contributed by atoms with Crippen molar-refractivity contribution in [1.82, 2.24) is 24.1 Å². The zero-order chi connectivity index (χ0) is 12.4. The van der Waals surface area contributed by atoms with Gasteiger partial charge in [0.15, 0.2) is 10.8 Å². The maximum atomic E-state index is 4.38. The van der Waals surface area contributed by atoms with Gasteiger partial charge in [-0.25, -0.2) is 15.0 Å². The van der Waals surface area contributed by atoms with E-state index in [0.717, 1.165) is 29.7 Å². The van der Waals surface area contributed by atoms with Crippen LogP contribution in [0.25, 0.3) is 10.8 Å². The molecule has 0 aliphatic carbocycles. The second kappa shape index (κ2) is 4.73. The number of thiazole rings is 1. The lowest BCUT2D eigenvalue weighted by atomic mass is 10.5. The number of nitrogens with zero attached hydrogens (tertiary/aromatic N) is 5. The highest BCUT2D eigenvalue weighted by Crippen LogP contribution is 2.20. The van der Waals surface area contributed by atoms with Crippen molar-refractivity contribution in [3.63, 3.8) is 0 Å². The fraction of sp³-hybridized carbons (Fsp3) is 0.250. The molecular weight excluding hydrogens is 246 g/mol. The van der Waals surface area contributed by atoms with Crippen LogP contribution in [0.4, 0.5) is 0 Å². The van der Waals surface area contributed by atoms with E-state index in [1.807, 2.05) is 24.0 Å². The van der Waals surface area contributed by atoms with Crippen molar-refractivity contribution in [2.75, 3.05) is 0 Å². The van der Waals surface area contributed by atoms with Gasteiger partial charge in [0.1, 0.15) is 5.82 Å². The van der Waals surface area contributed by atoms with E-state index in [0.29, 0.717) is 0 Å². The Hall–Kier alpha value is -1.95. The van der Waals surface area contributed by atoms with E-state index >= 15 is 0 Å². The van der Waals surface area contributed by atoms with E-state index in [9.17, 15) is 0 Å². The van der Waals surface area contributed by atoms with Crippen molar-refractivity contribution in [2.24, 2.45) is 0 Å². The standard InChI is InChI=1S/C12H13N5S/c1-2-16-6-3-13-10(16)9-17-7-4-14-11(17)12-15-5-8-18-12/h3-8H,2,9H2,1H3. The molecule has 0 amide bonds. The van der Waals surface area contributed by atoms with Gasteiger partial charge >= 0.3 is 0 Å². The first kappa shape index (κ1) is 11.2. The zero-order valence-corrected chi connectivity index (χ0v) is 10.8. The number of aryl methyl sites for hydroxylation is 1. The van der Waals surface area contributed by atoms with Crippen molar-refractivity contribution in [2.45, 2.75) is 20.0 Å². The Morgan fingerprint density at radius 1 is 1.06 bits per heavy atom. The van der Waals surface area contributed by atoms with Gasteiger partial charge in [0.2, 0.25) is 0 Å². The molecule has 0 atom stereocenters. The summed E-state index contributed by atoms with van der Waals surface area (Å²) in [5.74, 6) is 1.93. The van der Waals surface area contributed by atoms with Crippen LogP contribution in [0.5, 0.6) is 0 Å². The second-order valence-electron chi connectivity index (χ2n) is 3.85. The third-order valence-corrected chi connectivity index (χ3v) is 3.56. The SMILES string of the molecule is CCn1ccnc1Cn1ccnc1-c1nccs1. The molecule has 18 heavy (non-hydrogen) atoms. The molecule has 0 N–H and O–H groups in total. The van der Waals surface area contributed by atoms with Gasteiger partial charge in [-0.15, -0.1) is 11.3 Å². The first-order valence-corrected chi connectivity index (χ1v) is 6.67. The fourth-order valence-electron chi connectivity index (χ4n) is 1.90. The topological polar surface area (TPSA) is 48.5 Å². The Bertz CT molecular complexity index is 622. The summed E-state index contributed by atoms with van der Waals surface area (Å²) in [5.41, 5.74) is 0. The van der Waals surface area contributed by atoms with Gasteiger partial charge in [0, 0.05) is 42.9 Å². The highest BCUT2D eigenvalue weighted by Gasteiger charge is 2.10. The quantitative estimate of drug-likeness (QED) is 0.722. The first-order valence-electron chi connectivity index (χ1n) is 5.79. The average Bonchev–Trinajstić information content (AvgIpc) is 3.09. The van der Waals surface area contributed by atoms with Crippen LogP contribution >= 0.6 is 11.3 Å². The van der Waals surface area contributed by atoms with Crippen molar-refractivity contribution < 1.29 is 0 Å². The van der Waals surface area contributed by atoms with Gasteiger partial charge in [-0.2, -0.15) is 0 Å². The Morgan fingerprint density at radius 3 is 2.67 bits per heavy atom. The predicted octanol–water partition coefficient (Wildman–Crippen LogP) is 2.27. The van der Waals surface area contributed by atoms with E-state index in [1.54, 1.807) is 23.7 Å². The fourth-order valence-corrected chi connectivity index (χ4v) is 2.55. The average molecular weight is 259 g/mol. The summed E-state index contributed by atoms with van der Waals surface area (Å²) in [6.45, 7) is 3.76. The molecule has 6 heteroatoms. The van der Waals surface area contributed by atoms with Gasteiger partial charge in [-0.3, -0.25) is 0 Å². The molecule has 3 heterocycles. The predicted molar refractivity (Wildman–Crippen MR) is 70.3 cm³/mol. The van der Waals surface area contributed by atoms with Crippen LogP contribution in [0.3, 0.4) is 0 Å². The number of hydrogen-bond acceptors (Lipinski definition) is 4. The summed E-state index contributed by atoms with van der Waals surface area (Å²) in [7, 11) is 0. The molecule has 0 bridgehead atoms. The summed E-state index contributed by atoms with van der Waals surface area (Å²) in [5, 5.41) is 2.90. The number of hydrogen-bond donors (Lipinski definition) is 0. The molecule has 0 radical (unpaired) electrons. The van der Waals surface area contributed by atoms with E-state index in [1.165, 1.54) is 0 Å². The molecule has 0 unspecified atom stereocenters. The minimum absolute atomic E-state index is 0.718. The largest absolute Gasteiger partial charge is 0.334 e. The minimum Gasteiger partial charge on any atom is -0.334 e. The molecule has 5 nitrogen and oxygen atoms in total. The number of imidazole rings is 2. The van der Waals surface area contributed by atoms with E-state index in [2.05, 4.69) is 31.0 Å². The minimum atomic E-state index is 0.718. The molecule has 3 rings (SSSR count).